The highest BCUT2D eigenvalue weighted by Crippen LogP contribution is 2.33. The average molecular weight is 491 g/mol. The summed E-state index contributed by atoms with van der Waals surface area (Å²) in [6, 6.07) is 11.4. The zero-order chi connectivity index (χ0) is 23.6. The van der Waals surface area contributed by atoms with Crippen LogP contribution < -0.4 is 4.31 Å². The lowest BCUT2D eigenvalue weighted by Gasteiger charge is -2.30. The largest absolute Gasteiger partial charge is 0.452 e. The van der Waals surface area contributed by atoms with Gasteiger partial charge in [-0.1, -0.05) is 36.7 Å². The topological polar surface area (TPSA) is 84.0 Å². The Morgan fingerprint density at radius 3 is 2.58 bits per heavy atom. The molecule has 176 valence electrons. The first-order valence-corrected chi connectivity index (χ1v) is 12.9. The van der Waals surface area contributed by atoms with Crippen molar-refractivity contribution in [2.24, 2.45) is 5.92 Å². The van der Waals surface area contributed by atoms with Gasteiger partial charge in [0.2, 0.25) is 0 Å². The van der Waals surface area contributed by atoms with Gasteiger partial charge in [0, 0.05) is 19.6 Å². The molecule has 0 spiro atoms. The fraction of sp³-hybridized carbons (Fsp3) is 0.417. The van der Waals surface area contributed by atoms with Gasteiger partial charge < -0.3 is 9.64 Å². The summed E-state index contributed by atoms with van der Waals surface area (Å²) in [7, 11) is -3.91. The number of anilines is 1. The van der Waals surface area contributed by atoms with E-state index in [0.717, 1.165) is 24.8 Å². The van der Waals surface area contributed by atoms with Crippen molar-refractivity contribution in [2.75, 3.05) is 30.5 Å². The van der Waals surface area contributed by atoms with Gasteiger partial charge in [-0.2, -0.15) is 0 Å². The highest BCUT2D eigenvalue weighted by Gasteiger charge is 2.30. The minimum Gasteiger partial charge on any atom is -0.452 e. The van der Waals surface area contributed by atoms with Crippen LogP contribution in [0.5, 0.6) is 0 Å². The normalized spacial score (nSPS) is 16.9. The lowest BCUT2D eigenvalue weighted by Crippen LogP contribution is -2.40. The molecule has 9 heteroatoms. The van der Waals surface area contributed by atoms with Crippen LogP contribution in [0.4, 0.5) is 5.69 Å². The number of hydrogen-bond acceptors (Lipinski definition) is 5. The van der Waals surface area contributed by atoms with Crippen molar-refractivity contribution < 1.29 is 22.7 Å². The van der Waals surface area contributed by atoms with E-state index in [4.69, 9.17) is 16.3 Å². The van der Waals surface area contributed by atoms with E-state index >= 15 is 0 Å². The number of para-hydroxylation sites is 1. The highest BCUT2D eigenvalue weighted by atomic mass is 35.5. The summed E-state index contributed by atoms with van der Waals surface area (Å²) < 4.78 is 33.4. The molecule has 4 rings (SSSR count). The Morgan fingerprint density at radius 1 is 1.09 bits per heavy atom. The highest BCUT2D eigenvalue weighted by molar-refractivity contribution is 7.92. The molecule has 2 aliphatic rings. The maximum atomic E-state index is 13.4. The molecule has 2 aromatic rings. The molecule has 0 atom stereocenters. The number of piperidine rings is 1. The van der Waals surface area contributed by atoms with Gasteiger partial charge in [-0.25, -0.2) is 13.2 Å². The molecule has 0 saturated carbocycles. The number of aryl methyl sites for hydroxylation is 1. The molecule has 2 aromatic carbocycles. The van der Waals surface area contributed by atoms with Crippen LogP contribution in [-0.2, 0) is 26.0 Å². The molecule has 0 aromatic heterocycles. The number of sulfonamides is 1. The van der Waals surface area contributed by atoms with Crippen molar-refractivity contribution in [1.82, 2.24) is 4.90 Å². The average Bonchev–Trinajstić information content (AvgIpc) is 2.82. The SMILES string of the molecule is CC1CCN(C(=O)COC(=O)c2cc(S(=O)(=O)N3CCCc4ccccc43)ccc2Cl)CC1. The molecule has 0 N–H and O–H groups in total. The monoisotopic (exact) mass is 490 g/mol. The summed E-state index contributed by atoms with van der Waals surface area (Å²) in [5.41, 5.74) is 1.53. The molecule has 33 heavy (non-hydrogen) atoms. The standard InChI is InChI=1S/C24H27ClN2O5S/c1-17-10-13-26(14-11-17)23(28)16-32-24(29)20-15-19(8-9-21(20)25)33(30,31)27-12-4-6-18-5-2-3-7-22(18)27/h2-3,5,7-9,15,17H,4,6,10-14,16H2,1H3. The van der Waals surface area contributed by atoms with Crippen molar-refractivity contribution in [3.8, 4) is 0 Å². The van der Waals surface area contributed by atoms with E-state index in [0.29, 0.717) is 37.7 Å². The van der Waals surface area contributed by atoms with Crippen LogP contribution >= 0.6 is 11.6 Å². The number of esters is 1. The van der Waals surface area contributed by atoms with Gasteiger partial charge in [-0.3, -0.25) is 9.10 Å². The molecule has 2 heterocycles. The number of fused-ring (bicyclic) bond motifs is 1. The van der Waals surface area contributed by atoms with E-state index in [2.05, 4.69) is 6.92 Å². The first-order chi connectivity index (χ1) is 15.8. The molecular weight excluding hydrogens is 464 g/mol. The second-order valence-electron chi connectivity index (χ2n) is 8.59. The summed E-state index contributed by atoms with van der Waals surface area (Å²) in [6.07, 6.45) is 3.36. The number of halogens is 1. The summed E-state index contributed by atoms with van der Waals surface area (Å²) in [6.45, 7) is 3.38. The number of amides is 1. The molecule has 1 fully saturated rings. The van der Waals surface area contributed by atoms with E-state index in [1.54, 1.807) is 17.0 Å². The molecule has 0 aliphatic carbocycles. The maximum absolute atomic E-state index is 13.4. The Balaban J connectivity index is 1.51. The van der Waals surface area contributed by atoms with Crippen LogP contribution in [0.25, 0.3) is 0 Å². The lowest BCUT2D eigenvalue weighted by atomic mass is 9.99. The second kappa shape index (κ2) is 9.73. The van der Waals surface area contributed by atoms with Crippen molar-refractivity contribution in [1.29, 1.82) is 0 Å². The number of nitrogens with zero attached hydrogens (tertiary/aromatic N) is 2. The molecule has 1 saturated heterocycles. The lowest BCUT2D eigenvalue weighted by molar-refractivity contribution is -0.135. The summed E-state index contributed by atoms with van der Waals surface area (Å²) in [4.78, 5) is 26.7. The Bertz CT molecular complexity index is 1160. The van der Waals surface area contributed by atoms with E-state index < -0.39 is 22.6 Å². The van der Waals surface area contributed by atoms with Crippen molar-refractivity contribution >= 4 is 39.2 Å². The van der Waals surface area contributed by atoms with Gasteiger partial charge in [-0.05, 0) is 61.4 Å². The number of benzene rings is 2. The molecular formula is C24H27ClN2O5S. The third kappa shape index (κ3) is 5.01. The van der Waals surface area contributed by atoms with Crippen LogP contribution in [0.2, 0.25) is 5.02 Å². The number of carbonyl (C=O) groups excluding carboxylic acids is 2. The first kappa shape index (κ1) is 23.6. The van der Waals surface area contributed by atoms with Gasteiger partial charge in [-0.15, -0.1) is 0 Å². The minimum atomic E-state index is -3.91. The summed E-state index contributed by atoms with van der Waals surface area (Å²) in [5.74, 6) is -0.512. The molecule has 0 unspecified atom stereocenters. The third-order valence-corrected chi connectivity index (χ3v) is 8.42. The third-order valence-electron chi connectivity index (χ3n) is 6.28. The molecule has 2 aliphatic heterocycles. The first-order valence-electron chi connectivity index (χ1n) is 11.1. The predicted octanol–water partition coefficient (Wildman–Crippen LogP) is 3.90. The van der Waals surface area contributed by atoms with Gasteiger partial charge in [0.1, 0.15) is 0 Å². The summed E-state index contributed by atoms with van der Waals surface area (Å²) >= 11 is 6.18. The van der Waals surface area contributed by atoms with E-state index in [1.165, 1.54) is 22.5 Å². The molecule has 0 radical (unpaired) electrons. The Morgan fingerprint density at radius 2 is 1.82 bits per heavy atom. The van der Waals surface area contributed by atoms with Crippen LogP contribution in [0.1, 0.15) is 42.1 Å². The zero-order valence-corrected chi connectivity index (χ0v) is 20.1. The second-order valence-corrected chi connectivity index (χ2v) is 10.9. The number of likely N-dealkylation sites (tertiary alicyclic amines) is 1. The van der Waals surface area contributed by atoms with Crippen LogP contribution in [0.15, 0.2) is 47.4 Å². The number of hydrogen-bond donors (Lipinski definition) is 0. The fourth-order valence-corrected chi connectivity index (χ4v) is 6.01. The number of carbonyl (C=O) groups is 2. The van der Waals surface area contributed by atoms with Gasteiger partial charge >= 0.3 is 5.97 Å². The van der Waals surface area contributed by atoms with Gasteiger partial charge in [0.05, 0.1) is 21.2 Å². The predicted molar refractivity (Wildman–Crippen MR) is 126 cm³/mol. The zero-order valence-electron chi connectivity index (χ0n) is 18.5. The molecule has 7 nitrogen and oxygen atoms in total. The van der Waals surface area contributed by atoms with Crippen LogP contribution in [0.3, 0.4) is 0 Å². The smallest absolute Gasteiger partial charge is 0.340 e. The summed E-state index contributed by atoms with van der Waals surface area (Å²) in [5, 5.41) is 0.0669. The van der Waals surface area contributed by atoms with E-state index in [9.17, 15) is 18.0 Å². The number of rotatable bonds is 5. The maximum Gasteiger partial charge on any atom is 0.340 e. The van der Waals surface area contributed by atoms with Crippen LogP contribution in [-0.4, -0.2) is 51.4 Å². The molecule has 1 amide bonds. The van der Waals surface area contributed by atoms with Gasteiger partial charge in [0.25, 0.3) is 15.9 Å². The van der Waals surface area contributed by atoms with E-state index in [-0.39, 0.29) is 21.4 Å². The number of ether oxygens (including phenoxy) is 1. The quantitative estimate of drug-likeness (QED) is 0.593. The van der Waals surface area contributed by atoms with Crippen molar-refractivity contribution in [3.63, 3.8) is 0 Å². The minimum absolute atomic E-state index is 0.0492. The molecule has 0 bridgehead atoms. The Labute approximate surface area is 199 Å². The van der Waals surface area contributed by atoms with Crippen LogP contribution in [0, 0.1) is 5.92 Å². The Kier molecular flexibility index (Phi) is 6.95. The van der Waals surface area contributed by atoms with Crippen molar-refractivity contribution in [3.05, 3.63) is 58.6 Å². The Hall–Kier alpha value is -2.58. The fourth-order valence-electron chi connectivity index (χ4n) is 4.25. The van der Waals surface area contributed by atoms with Crippen molar-refractivity contribution in [2.45, 2.75) is 37.5 Å². The van der Waals surface area contributed by atoms with E-state index in [1.807, 2.05) is 12.1 Å². The van der Waals surface area contributed by atoms with Gasteiger partial charge in [0.15, 0.2) is 6.61 Å².